The van der Waals surface area contributed by atoms with E-state index in [1.165, 1.54) is 0 Å². The Balaban J connectivity index is 1.81. The summed E-state index contributed by atoms with van der Waals surface area (Å²) in [5, 5.41) is 7.19. The maximum Gasteiger partial charge on any atom is 0.275 e. The van der Waals surface area contributed by atoms with Gasteiger partial charge in [-0.1, -0.05) is 0 Å². The van der Waals surface area contributed by atoms with Crippen molar-refractivity contribution in [2.24, 2.45) is 0 Å². The zero-order chi connectivity index (χ0) is 15.0. The molecule has 0 bridgehead atoms. The first-order valence-electron chi connectivity index (χ1n) is 7.00. The second-order valence-electron chi connectivity index (χ2n) is 5.45. The van der Waals surface area contributed by atoms with Crippen molar-refractivity contribution in [2.75, 3.05) is 7.05 Å². The van der Waals surface area contributed by atoms with Crippen LogP contribution in [-0.2, 0) is 0 Å². The average molecular weight is 349 g/mol. The van der Waals surface area contributed by atoms with Crippen molar-refractivity contribution in [3.63, 3.8) is 0 Å². The lowest BCUT2D eigenvalue weighted by Crippen LogP contribution is -2.30. The van der Waals surface area contributed by atoms with Gasteiger partial charge in [-0.25, -0.2) is 0 Å². The Labute approximate surface area is 131 Å². The molecule has 0 aliphatic heterocycles. The van der Waals surface area contributed by atoms with Gasteiger partial charge in [0.1, 0.15) is 0 Å². The molecule has 1 atom stereocenters. The number of hydrogen-bond acceptors (Lipinski definition) is 3. The van der Waals surface area contributed by atoms with Crippen molar-refractivity contribution in [3.8, 4) is 0 Å². The number of rotatable bonds is 4. The summed E-state index contributed by atoms with van der Waals surface area (Å²) in [6.07, 6.45) is 5.80. The van der Waals surface area contributed by atoms with Crippen molar-refractivity contribution in [3.05, 3.63) is 46.0 Å². The number of hydrogen-bond donors (Lipinski definition) is 1. The Morgan fingerprint density at radius 2 is 2.10 bits per heavy atom. The molecule has 1 aliphatic rings. The van der Waals surface area contributed by atoms with Gasteiger partial charge in [0.2, 0.25) is 0 Å². The highest BCUT2D eigenvalue weighted by atomic mass is 79.9. The predicted molar refractivity (Wildman–Crippen MR) is 83.0 cm³/mol. The number of amides is 1. The van der Waals surface area contributed by atoms with Gasteiger partial charge in [0, 0.05) is 25.4 Å². The van der Waals surface area contributed by atoms with Crippen LogP contribution in [0.3, 0.4) is 0 Å². The summed E-state index contributed by atoms with van der Waals surface area (Å²) in [6.45, 7) is 2.00. The molecule has 6 heteroatoms. The Morgan fingerprint density at radius 3 is 2.71 bits per heavy atom. The van der Waals surface area contributed by atoms with Gasteiger partial charge in [0.25, 0.3) is 5.91 Å². The molecule has 0 saturated heterocycles. The fourth-order valence-electron chi connectivity index (χ4n) is 2.33. The predicted octanol–water partition coefficient (Wildman–Crippen LogP) is 3.28. The number of nitrogens with one attached hydrogen (secondary N) is 1. The molecule has 0 aromatic carbocycles. The van der Waals surface area contributed by atoms with Crippen LogP contribution >= 0.6 is 15.9 Å². The normalized spacial score (nSPS) is 15.8. The van der Waals surface area contributed by atoms with Gasteiger partial charge in [-0.2, -0.15) is 5.10 Å². The monoisotopic (exact) mass is 348 g/mol. The molecule has 0 spiro atoms. The Kier molecular flexibility index (Phi) is 3.80. The van der Waals surface area contributed by atoms with E-state index >= 15 is 0 Å². The highest BCUT2D eigenvalue weighted by Crippen LogP contribution is 2.43. The smallest absolute Gasteiger partial charge is 0.275 e. The van der Waals surface area contributed by atoms with Crippen molar-refractivity contribution < 1.29 is 4.79 Å². The Bertz CT molecular complexity index is 651. The largest absolute Gasteiger partial charge is 0.334 e. The molecular weight excluding hydrogens is 332 g/mol. The molecule has 2 aromatic heterocycles. The third-order valence-corrected chi connectivity index (χ3v) is 4.81. The van der Waals surface area contributed by atoms with E-state index in [4.69, 9.17) is 0 Å². The lowest BCUT2D eigenvalue weighted by atomic mass is 10.1. The number of H-pyrrole nitrogens is 1. The van der Waals surface area contributed by atoms with E-state index in [2.05, 4.69) is 31.1 Å². The molecule has 5 nitrogen and oxygen atoms in total. The van der Waals surface area contributed by atoms with Crippen molar-refractivity contribution >= 4 is 21.8 Å². The molecule has 2 heterocycles. The van der Waals surface area contributed by atoms with Gasteiger partial charge in [-0.3, -0.25) is 14.9 Å². The van der Waals surface area contributed by atoms with Crippen LogP contribution in [0, 0.1) is 0 Å². The summed E-state index contributed by atoms with van der Waals surface area (Å²) >= 11 is 3.51. The molecule has 2 aromatic rings. The van der Waals surface area contributed by atoms with Gasteiger partial charge in [-0.05, 0) is 53.4 Å². The molecule has 1 N–H and O–H groups in total. The highest BCUT2D eigenvalue weighted by molar-refractivity contribution is 9.10. The minimum Gasteiger partial charge on any atom is -0.334 e. The topological polar surface area (TPSA) is 61.9 Å². The third-order valence-electron chi connectivity index (χ3n) is 4.01. The number of aromatic nitrogens is 3. The first-order chi connectivity index (χ1) is 10.1. The maximum absolute atomic E-state index is 12.6. The van der Waals surface area contributed by atoms with Crippen LogP contribution in [0.15, 0.2) is 29.0 Å². The number of pyridine rings is 1. The minimum atomic E-state index is -0.0886. The SMILES string of the molecule is CC(c1ccncc1)N(C)C(=O)c1n[nH]c(C2CC2)c1Br. The van der Waals surface area contributed by atoms with E-state index in [-0.39, 0.29) is 11.9 Å². The second-order valence-corrected chi connectivity index (χ2v) is 6.24. The molecule has 1 aliphatic carbocycles. The number of carbonyl (C=O) groups excluding carboxylic acids is 1. The first kappa shape index (κ1) is 14.3. The number of halogens is 1. The zero-order valence-electron chi connectivity index (χ0n) is 12.0. The summed E-state index contributed by atoms with van der Waals surface area (Å²) in [5.74, 6) is 0.436. The molecule has 1 saturated carbocycles. The summed E-state index contributed by atoms with van der Waals surface area (Å²) in [7, 11) is 1.80. The standard InChI is InChI=1S/C15H17BrN4O/c1-9(10-5-7-17-8-6-10)20(2)15(21)14-12(16)13(18-19-14)11-3-4-11/h5-9,11H,3-4H2,1-2H3,(H,18,19). The molecule has 1 fully saturated rings. The van der Waals surface area contributed by atoms with Crippen molar-refractivity contribution in [1.82, 2.24) is 20.1 Å². The van der Waals surface area contributed by atoms with Crippen molar-refractivity contribution in [2.45, 2.75) is 31.7 Å². The van der Waals surface area contributed by atoms with E-state index in [1.807, 2.05) is 19.1 Å². The zero-order valence-corrected chi connectivity index (χ0v) is 13.6. The number of aromatic amines is 1. The summed E-state index contributed by atoms with van der Waals surface area (Å²) in [5.41, 5.74) is 2.55. The Morgan fingerprint density at radius 1 is 1.43 bits per heavy atom. The minimum absolute atomic E-state index is 0.0338. The van der Waals surface area contributed by atoms with E-state index in [9.17, 15) is 4.79 Å². The van der Waals surface area contributed by atoms with Crippen LogP contribution in [0.4, 0.5) is 0 Å². The van der Waals surface area contributed by atoms with Gasteiger partial charge < -0.3 is 4.90 Å². The quantitative estimate of drug-likeness (QED) is 0.922. The average Bonchev–Trinajstić information content (AvgIpc) is 3.29. The summed E-state index contributed by atoms with van der Waals surface area (Å²) in [4.78, 5) is 18.3. The van der Waals surface area contributed by atoms with Gasteiger partial charge in [0.05, 0.1) is 16.2 Å². The molecule has 1 amide bonds. The fourth-order valence-corrected chi connectivity index (χ4v) is 3.01. The van der Waals surface area contributed by atoms with Gasteiger partial charge >= 0.3 is 0 Å². The van der Waals surface area contributed by atoms with E-state index < -0.39 is 0 Å². The second kappa shape index (κ2) is 5.60. The lowest BCUT2D eigenvalue weighted by molar-refractivity contribution is 0.0735. The third kappa shape index (κ3) is 2.72. The van der Waals surface area contributed by atoms with Gasteiger partial charge in [-0.15, -0.1) is 0 Å². The first-order valence-corrected chi connectivity index (χ1v) is 7.79. The number of carbonyl (C=O) groups is 1. The van der Waals surface area contributed by atoms with Crippen LogP contribution in [0.2, 0.25) is 0 Å². The van der Waals surface area contributed by atoms with E-state index in [0.29, 0.717) is 11.6 Å². The number of nitrogens with zero attached hydrogens (tertiary/aromatic N) is 3. The summed E-state index contributed by atoms with van der Waals surface area (Å²) < 4.78 is 0.809. The van der Waals surface area contributed by atoms with Crippen LogP contribution < -0.4 is 0 Å². The lowest BCUT2D eigenvalue weighted by Gasteiger charge is -2.24. The molecule has 1 unspecified atom stereocenters. The van der Waals surface area contributed by atoms with Crippen LogP contribution in [0.1, 0.15) is 53.5 Å². The molecule has 21 heavy (non-hydrogen) atoms. The van der Waals surface area contributed by atoms with Crippen LogP contribution in [0.25, 0.3) is 0 Å². The highest BCUT2D eigenvalue weighted by Gasteiger charge is 2.32. The molecular formula is C15H17BrN4O. The maximum atomic E-state index is 12.6. The van der Waals surface area contributed by atoms with Crippen LogP contribution in [-0.4, -0.2) is 33.0 Å². The summed E-state index contributed by atoms with van der Waals surface area (Å²) in [6, 6.07) is 3.81. The van der Waals surface area contributed by atoms with Gasteiger partial charge in [0.15, 0.2) is 5.69 Å². The molecule has 110 valence electrons. The van der Waals surface area contributed by atoms with Crippen molar-refractivity contribution in [1.29, 1.82) is 0 Å². The molecule has 3 rings (SSSR count). The van der Waals surface area contributed by atoms with Crippen LogP contribution in [0.5, 0.6) is 0 Å². The fraction of sp³-hybridized carbons (Fsp3) is 0.400. The van der Waals surface area contributed by atoms with E-state index in [1.54, 1.807) is 24.3 Å². The molecule has 0 radical (unpaired) electrons. The Hall–Kier alpha value is -1.69. The van der Waals surface area contributed by atoms with E-state index in [0.717, 1.165) is 28.6 Å².